The van der Waals surface area contributed by atoms with Gasteiger partial charge in [-0.2, -0.15) is 10.2 Å². The Morgan fingerprint density at radius 1 is 1.37 bits per heavy atom. The summed E-state index contributed by atoms with van der Waals surface area (Å²) in [7, 11) is 0. The van der Waals surface area contributed by atoms with Crippen molar-refractivity contribution in [1.82, 2.24) is 9.97 Å². The van der Waals surface area contributed by atoms with Crippen molar-refractivity contribution in [3.63, 3.8) is 0 Å². The molecule has 1 aliphatic carbocycles. The summed E-state index contributed by atoms with van der Waals surface area (Å²) in [4.78, 5) is 8.40. The first-order valence-corrected chi connectivity index (χ1v) is 9.39. The maximum absolute atomic E-state index is 12.5. The van der Waals surface area contributed by atoms with Gasteiger partial charge in [-0.25, -0.2) is 4.98 Å². The molecule has 3 rings (SSSR count). The molecule has 1 aromatic heterocycles. The van der Waals surface area contributed by atoms with Crippen molar-refractivity contribution >= 4 is 11.8 Å². The molecule has 1 saturated carbocycles. The lowest BCUT2D eigenvalue weighted by atomic mass is 9.64. The van der Waals surface area contributed by atoms with E-state index in [1.165, 1.54) is 18.3 Å². The molecule has 10 heteroatoms. The third-order valence-electron chi connectivity index (χ3n) is 5.31. The van der Waals surface area contributed by atoms with Crippen LogP contribution in [0, 0.1) is 16.7 Å². The van der Waals surface area contributed by atoms with Crippen LogP contribution in [0.25, 0.3) is 0 Å². The molecule has 162 valence electrons. The zero-order valence-electron chi connectivity index (χ0n) is 16.5. The average Bonchev–Trinajstić information content (AvgIpc) is 2.68. The number of benzene rings is 1. The Balaban J connectivity index is 0.00000341. The number of halogens is 3. The number of nitrogens with zero attached hydrogens (tertiary/aromatic N) is 3. The second kappa shape index (κ2) is 8.36. The van der Waals surface area contributed by atoms with Crippen LogP contribution in [0.2, 0.25) is 0 Å². The zero-order valence-corrected chi connectivity index (χ0v) is 16.5. The van der Waals surface area contributed by atoms with E-state index in [1.54, 1.807) is 12.1 Å². The number of hydrogen-bond acceptors (Lipinski definition) is 7. The van der Waals surface area contributed by atoms with Crippen LogP contribution in [0.3, 0.4) is 0 Å². The Bertz CT molecular complexity index is 949. The summed E-state index contributed by atoms with van der Waals surface area (Å²) in [5.41, 5.74) is 0.300. The number of aromatic nitrogens is 2. The first-order chi connectivity index (χ1) is 14.1. The van der Waals surface area contributed by atoms with Gasteiger partial charge < -0.3 is 20.5 Å². The van der Waals surface area contributed by atoms with E-state index in [0.29, 0.717) is 17.8 Å². The lowest BCUT2D eigenvalue weighted by Crippen LogP contribution is -2.57. The number of ether oxygens (including phenoxy) is 1. The first kappa shape index (κ1) is 21.6. The molecule has 7 nitrogen and oxygen atoms in total. The van der Waals surface area contributed by atoms with E-state index in [0.717, 1.165) is 0 Å². The Labute approximate surface area is 173 Å². The summed E-state index contributed by atoms with van der Waals surface area (Å²) < 4.78 is 41.7. The highest BCUT2D eigenvalue weighted by molar-refractivity contribution is 5.54. The van der Waals surface area contributed by atoms with Crippen molar-refractivity contribution in [2.75, 3.05) is 17.2 Å². The molecule has 0 spiro atoms. The molecule has 0 aliphatic heterocycles. The minimum Gasteiger partial charge on any atom is -0.406 e. The van der Waals surface area contributed by atoms with Crippen LogP contribution in [0.1, 0.15) is 32.8 Å². The summed E-state index contributed by atoms with van der Waals surface area (Å²) in [6.45, 7) is 4.11. The maximum Gasteiger partial charge on any atom is 0.573 e. The fraction of sp³-hybridized carbons (Fsp3) is 0.450. The Kier molecular flexibility index (Phi) is 6.03. The van der Waals surface area contributed by atoms with Gasteiger partial charge in [-0.05, 0) is 24.5 Å². The minimum absolute atomic E-state index is 0. The van der Waals surface area contributed by atoms with E-state index >= 15 is 0 Å². The van der Waals surface area contributed by atoms with Gasteiger partial charge in [0.2, 0.25) is 5.95 Å². The summed E-state index contributed by atoms with van der Waals surface area (Å²) in [6, 6.07) is 7.90. The van der Waals surface area contributed by atoms with Gasteiger partial charge in [0.15, 0.2) is 0 Å². The molecule has 1 fully saturated rings. The second-order valence-electron chi connectivity index (χ2n) is 7.67. The highest BCUT2D eigenvalue weighted by Crippen LogP contribution is 2.42. The Morgan fingerprint density at radius 3 is 2.73 bits per heavy atom. The van der Waals surface area contributed by atoms with Crippen LogP contribution < -0.4 is 15.4 Å². The molecule has 3 N–H and O–H groups in total. The molecule has 0 saturated heterocycles. The van der Waals surface area contributed by atoms with Gasteiger partial charge in [0.05, 0.1) is 12.3 Å². The van der Waals surface area contributed by atoms with Gasteiger partial charge >= 0.3 is 6.36 Å². The van der Waals surface area contributed by atoms with E-state index in [1.807, 2.05) is 19.9 Å². The van der Waals surface area contributed by atoms with Crippen molar-refractivity contribution in [3.8, 4) is 11.8 Å². The van der Waals surface area contributed by atoms with Gasteiger partial charge in [-0.1, -0.05) is 32.0 Å². The van der Waals surface area contributed by atoms with Crippen LogP contribution in [0.4, 0.5) is 24.9 Å². The van der Waals surface area contributed by atoms with Crippen LogP contribution >= 0.6 is 0 Å². The summed E-state index contributed by atoms with van der Waals surface area (Å²) in [5.74, 6) is 0.338. The average molecular weight is 423 g/mol. The van der Waals surface area contributed by atoms with E-state index in [9.17, 15) is 23.5 Å². The highest BCUT2D eigenvalue weighted by Gasteiger charge is 2.47. The fourth-order valence-corrected chi connectivity index (χ4v) is 3.21. The molecule has 2 atom stereocenters. The maximum atomic E-state index is 12.5. The summed E-state index contributed by atoms with van der Waals surface area (Å²) in [6.07, 6.45) is -3.02. The molecule has 0 amide bonds. The molecule has 0 unspecified atom stereocenters. The summed E-state index contributed by atoms with van der Waals surface area (Å²) >= 11 is 0. The lowest BCUT2D eigenvalue weighted by molar-refractivity contribution is -0.274. The molecular formula is C20H24F3N5O2. The smallest absolute Gasteiger partial charge is 0.406 e. The molecule has 2 aromatic rings. The number of para-hydroxylation sites is 1. The van der Waals surface area contributed by atoms with Crippen molar-refractivity contribution < 1.29 is 24.4 Å². The van der Waals surface area contributed by atoms with Gasteiger partial charge in [-0.3, -0.25) is 0 Å². The third kappa shape index (κ3) is 4.91. The Morgan fingerprint density at radius 2 is 2.10 bits per heavy atom. The van der Waals surface area contributed by atoms with E-state index < -0.39 is 12.5 Å². The van der Waals surface area contributed by atoms with E-state index in [2.05, 4.69) is 25.3 Å². The topological polar surface area (TPSA) is 103 Å². The second-order valence-corrected chi connectivity index (χ2v) is 7.67. The molecule has 1 aliphatic rings. The Hall–Kier alpha value is -3.06. The van der Waals surface area contributed by atoms with Crippen molar-refractivity contribution in [3.05, 3.63) is 41.6 Å². The van der Waals surface area contributed by atoms with Crippen LogP contribution in [-0.4, -0.2) is 40.1 Å². The number of rotatable bonds is 7. The van der Waals surface area contributed by atoms with Gasteiger partial charge in [-0.15, -0.1) is 13.2 Å². The van der Waals surface area contributed by atoms with Crippen molar-refractivity contribution in [2.45, 2.75) is 45.2 Å². The quantitative estimate of drug-likeness (QED) is 0.624. The summed E-state index contributed by atoms with van der Waals surface area (Å²) in [5, 5.41) is 25.3. The van der Waals surface area contributed by atoms with Crippen LogP contribution in [0.15, 0.2) is 30.5 Å². The van der Waals surface area contributed by atoms with E-state index in [-0.39, 0.29) is 43.1 Å². The zero-order chi connectivity index (χ0) is 21.9. The number of alkyl halides is 3. The van der Waals surface area contributed by atoms with Crippen LogP contribution in [0.5, 0.6) is 5.75 Å². The molecule has 30 heavy (non-hydrogen) atoms. The normalized spacial score (nSPS) is 20.0. The number of nitriles is 1. The monoisotopic (exact) mass is 423 g/mol. The van der Waals surface area contributed by atoms with Gasteiger partial charge in [0, 0.05) is 19.4 Å². The van der Waals surface area contributed by atoms with Gasteiger partial charge in [0.25, 0.3) is 0 Å². The molecular weight excluding hydrogens is 399 g/mol. The SMILES string of the molecule is CC1(C)[C@@H](O)C[C@H]1Nc1nc(NCCc2ccccc2OC(F)(F)F)ncc1C#N.[HH]. The minimum atomic E-state index is -4.76. The van der Waals surface area contributed by atoms with Crippen molar-refractivity contribution in [2.24, 2.45) is 5.41 Å². The standard InChI is InChI=1S/C20H22F3N5O2.H2/c1-19(2)15(9-16(19)29)27-17-13(10-24)11-26-18(28-17)25-8-7-12-5-3-4-6-14(12)30-20(21,22)23;/h3-6,11,15-16,29H,7-9H2,1-2H3,(H2,25,26,27,28);1H/t15-,16+;/m1./s1. The number of aliphatic hydroxyl groups is 1. The first-order valence-electron chi connectivity index (χ1n) is 9.39. The number of anilines is 2. The molecule has 0 radical (unpaired) electrons. The molecule has 1 aromatic carbocycles. The lowest BCUT2D eigenvalue weighted by Gasteiger charge is -2.49. The van der Waals surface area contributed by atoms with Crippen molar-refractivity contribution in [1.29, 1.82) is 5.26 Å². The largest absolute Gasteiger partial charge is 0.573 e. The molecule has 1 heterocycles. The molecule has 0 bridgehead atoms. The fourth-order valence-electron chi connectivity index (χ4n) is 3.21. The third-order valence-corrected chi connectivity index (χ3v) is 5.31. The highest BCUT2D eigenvalue weighted by atomic mass is 19.4. The predicted molar refractivity (Wildman–Crippen MR) is 106 cm³/mol. The number of aliphatic hydroxyl groups excluding tert-OH is 1. The predicted octanol–water partition coefficient (Wildman–Crippen LogP) is 3.72. The number of nitrogens with one attached hydrogen (secondary N) is 2. The number of hydrogen-bond donors (Lipinski definition) is 3. The van der Waals surface area contributed by atoms with E-state index in [4.69, 9.17) is 0 Å². The van der Waals surface area contributed by atoms with Gasteiger partial charge in [0.1, 0.15) is 23.2 Å². The van der Waals surface area contributed by atoms with Crippen LogP contribution in [-0.2, 0) is 6.42 Å².